The lowest BCUT2D eigenvalue weighted by molar-refractivity contribution is 0.0667. The van der Waals surface area contributed by atoms with Gasteiger partial charge in [0.15, 0.2) is 5.76 Å². The van der Waals surface area contributed by atoms with Gasteiger partial charge in [0.05, 0.1) is 10.0 Å². The Morgan fingerprint density at radius 1 is 0.833 bits per heavy atom. The topological polar surface area (TPSA) is 70.8 Å². The molecule has 1 fully saturated rings. The van der Waals surface area contributed by atoms with Gasteiger partial charge in [-0.05, 0) is 36.4 Å². The minimum Gasteiger partial charge on any atom is -0.451 e. The number of halogens is 2. The lowest BCUT2D eigenvalue weighted by Gasteiger charge is -2.33. The van der Waals surface area contributed by atoms with Crippen molar-refractivity contribution in [3.63, 3.8) is 0 Å². The van der Waals surface area contributed by atoms with Crippen LogP contribution in [0.5, 0.6) is 0 Å². The molecule has 0 aliphatic carbocycles. The molecule has 1 saturated heterocycles. The summed E-state index contributed by atoms with van der Waals surface area (Å²) in [6.07, 6.45) is 0. The summed E-state index contributed by atoms with van der Waals surface area (Å²) in [5, 5.41) is 0.711. The molecule has 0 unspecified atom stereocenters. The molecule has 2 heterocycles. The van der Waals surface area contributed by atoms with Crippen molar-refractivity contribution < 1.29 is 17.6 Å². The first-order valence-corrected chi connectivity index (χ1v) is 11.5. The number of rotatable bonds is 4. The summed E-state index contributed by atoms with van der Waals surface area (Å²) in [5.74, 6) is 0.402. The highest BCUT2D eigenvalue weighted by Gasteiger charge is 2.32. The third-order valence-electron chi connectivity index (χ3n) is 4.94. The molecule has 0 atom stereocenters. The van der Waals surface area contributed by atoms with Crippen LogP contribution in [0, 0.1) is 0 Å². The van der Waals surface area contributed by atoms with Crippen LogP contribution in [0.2, 0.25) is 10.0 Å². The molecule has 3 aromatic rings. The van der Waals surface area contributed by atoms with E-state index in [1.165, 1.54) is 10.4 Å². The Morgan fingerprint density at radius 3 is 2.13 bits per heavy atom. The van der Waals surface area contributed by atoms with Crippen LogP contribution >= 0.6 is 23.2 Å². The molecular weight excluding hydrogens is 447 g/mol. The van der Waals surface area contributed by atoms with E-state index in [1.807, 2.05) is 18.2 Å². The van der Waals surface area contributed by atoms with Gasteiger partial charge in [-0.3, -0.25) is 4.79 Å². The van der Waals surface area contributed by atoms with Gasteiger partial charge in [0.1, 0.15) is 10.7 Å². The fourth-order valence-electron chi connectivity index (χ4n) is 3.34. The Bertz CT molecular complexity index is 1180. The first-order valence-electron chi connectivity index (χ1n) is 9.26. The van der Waals surface area contributed by atoms with E-state index in [-0.39, 0.29) is 47.8 Å². The molecule has 0 spiro atoms. The van der Waals surface area contributed by atoms with E-state index in [1.54, 1.807) is 41.3 Å². The molecule has 0 saturated carbocycles. The van der Waals surface area contributed by atoms with E-state index in [4.69, 9.17) is 27.6 Å². The average molecular weight is 465 g/mol. The van der Waals surface area contributed by atoms with E-state index >= 15 is 0 Å². The fourth-order valence-corrected chi connectivity index (χ4v) is 5.48. The molecule has 9 heteroatoms. The standard InChI is InChI=1S/C21H18Cl2N2O4S/c22-16-6-2-1-5-15(16)18-9-10-19(29-18)21(26)24-11-13-25(14-12-24)30(27,28)20-8-4-3-7-17(20)23/h1-10H,11-14H2. The van der Waals surface area contributed by atoms with E-state index in [9.17, 15) is 13.2 Å². The predicted octanol–water partition coefficient (Wildman–Crippen LogP) is 4.40. The molecule has 1 aliphatic rings. The second kappa shape index (κ2) is 8.43. The van der Waals surface area contributed by atoms with Crippen molar-refractivity contribution in [3.05, 3.63) is 76.5 Å². The van der Waals surface area contributed by atoms with Crippen LogP contribution in [0.15, 0.2) is 70.0 Å². The summed E-state index contributed by atoms with van der Waals surface area (Å²) in [5.41, 5.74) is 0.703. The van der Waals surface area contributed by atoms with Crippen molar-refractivity contribution >= 4 is 39.1 Å². The first kappa shape index (κ1) is 20.9. The third-order valence-corrected chi connectivity index (χ3v) is 7.66. The van der Waals surface area contributed by atoms with Gasteiger partial charge < -0.3 is 9.32 Å². The van der Waals surface area contributed by atoms with Crippen molar-refractivity contribution in [1.29, 1.82) is 0 Å². The van der Waals surface area contributed by atoms with Crippen LogP contribution in [0.25, 0.3) is 11.3 Å². The maximum Gasteiger partial charge on any atom is 0.289 e. The summed E-state index contributed by atoms with van der Waals surface area (Å²) in [7, 11) is -3.72. The second-order valence-electron chi connectivity index (χ2n) is 6.77. The Morgan fingerprint density at radius 2 is 1.47 bits per heavy atom. The van der Waals surface area contributed by atoms with Gasteiger partial charge in [-0.25, -0.2) is 8.42 Å². The molecule has 1 aliphatic heterocycles. The predicted molar refractivity (Wildman–Crippen MR) is 115 cm³/mol. The van der Waals surface area contributed by atoms with Gasteiger partial charge in [0, 0.05) is 31.7 Å². The van der Waals surface area contributed by atoms with E-state index in [0.29, 0.717) is 16.3 Å². The smallest absolute Gasteiger partial charge is 0.289 e. The normalized spacial score (nSPS) is 15.3. The quantitative estimate of drug-likeness (QED) is 0.573. The highest BCUT2D eigenvalue weighted by atomic mass is 35.5. The zero-order chi connectivity index (χ0) is 21.3. The number of piperazine rings is 1. The number of hydrogen-bond donors (Lipinski definition) is 0. The first-order chi connectivity index (χ1) is 14.4. The minimum absolute atomic E-state index is 0.0712. The second-order valence-corrected chi connectivity index (χ2v) is 9.49. The van der Waals surface area contributed by atoms with Gasteiger partial charge >= 0.3 is 0 Å². The lowest BCUT2D eigenvalue weighted by Crippen LogP contribution is -2.50. The van der Waals surface area contributed by atoms with Crippen molar-refractivity contribution in [1.82, 2.24) is 9.21 Å². The molecule has 2 aromatic carbocycles. The van der Waals surface area contributed by atoms with Gasteiger partial charge in [-0.15, -0.1) is 0 Å². The number of benzene rings is 2. The molecule has 156 valence electrons. The number of furan rings is 1. The summed E-state index contributed by atoms with van der Waals surface area (Å²) in [6.45, 7) is 0.865. The highest BCUT2D eigenvalue weighted by molar-refractivity contribution is 7.89. The van der Waals surface area contributed by atoms with Gasteiger partial charge in [-0.2, -0.15) is 4.31 Å². The average Bonchev–Trinajstić information content (AvgIpc) is 3.24. The zero-order valence-corrected chi connectivity index (χ0v) is 18.1. The number of carbonyl (C=O) groups excluding carboxylic acids is 1. The third kappa shape index (κ3) is 3.98. The highest BCUT2D eigenvalue weighted by Crippen LogP contribution is 2.30. The largest absolute Gasteiger partial charge is 0.451 e. The number of sulfonamides is 1. The monoisotopic (exact) mass is 464 g/mol. The molecule has 30 heavy (non-hydrogen) atoms. The maximum atomic E-state index is 12.9. The molecule has 6 nitrogen and oxygen atoms in total. The number of amides is 1. The van der Waals surface area contributed by atoms with E-state index in [0.717, 1.165) is 0 Å². The van der Waals surface area contributed by atoms with Crippen LogP contribution in [0.4, 0.5) is 0 Å². The molecule has 0 radical (unpaired) electrons. The van der Waals surface area contributed by atoms with E-state index < -0.39 is 10.0 Å². The lowest BCUT2D eigenvalue weighted by atomic mass is 10.2. The molecule has 1 aromatic heterocycles. The molecule has 0 N–H and O–H groups in total. The summed E-state index contributed by atoms with van der Waals surface area (Å²) in [4.78, 5) is 14.5. The van der Waals surface area contributed by atoms with Crippen molar-refractivity contribution in [2.24, 2.45) is 0 Å². The molecule has 0 bridgehead atoms. The van der Waals surface area contributed by atoms with Gasteiger partial charge in [0.2, 0.25) is 10.0 Å². The molecule has 1 amide bonds. The van der Waals surface area contributed by atoms with E-state index in [2.05, 4.69) is 0 Å². The van der Waals surface area contributed by atoms with Crippen molar-refractivity contribution in [2.75, 3.05) is 26.2 Å². The van der Waals surface area contributed by atoms with Crippen LogP contribution in [-0.4, -0.2) is 49.7 Å². The van der Waals surface area contributed by atoms with Crippen LogP contribution in [0.1, 0.15) is 10.6 Å². The van der Waals surface area contributed by atoms with Gasteiger partial charge in [0.25, 0.3) is 5.91 Å². The van der Waals surface area contributed by atoms with Crippen LogP contribution < -0.4 is 0 Å². The Labute approximate surface area is 184 Å². The summed E-state index contributed by atoms with van der Waals surface area (Å²) >= 11 is 12.2. The Hall–Kier alpha value is -2.32. The Kier molecular flexibility index (Phi) is 5.88. The van der Waals surface area contributed by atoms with Crippen LogP contribution in [0.3, 0.4) is 0 Å². The summed E-state index contributed by atoms with van der Waals surface area (Å²) < 4.78 is 32.8. The number of hydrogen-bond acceptors (Lipinski definition) is 4. The summed E-state index contributed by atoms with van der Waals surface area (Å²) in [6, 6.07) is 16.9. The SMILES string of the molecule is O=C(c1ccc(-c2ccccc2Cl)o1)N1CCN(S(=O)(=O)c2ccccc2Cl)CC1. The number of carbonyl (C=O) groups is 1. The number of nitrogens with zero attached hydrogens (tertiary/aromatic N) is 2. The molecule has 4 rings (SSSR count). The molecular formula is C21H18Cl2N2O4S. The Balaban J connectivity index is 1.45. The van der Waals surface area contributed by atoms with Crippen molar-refractivity contribution in [3.8, 4) is 11.3 Å². The fraction of sp³-hybridized carbons (Fsp3) is 0.190. The maximum absolute atomic E-state index is 12.9. The van der Waals surface area contributed by atoms with Gasteiger partial charge in [-0.1, -0.05) is 47.5 Å². The van der Waals surface area contributed by atoms with Crippen LogP contribution in [-0.2, 0) is 10.0 Å². The minimum atomic E-state index is -3.72. The van der Waals surface area contributed by atoms with Crippen molar-refractivity contribution in [2.45, 2.75) is 4.90 Å². The zero-order valence-electron chi connectivity index (χ0n) is 15.8.